The molecule has 4 rings (SSSR count). The van der Waals surface area contributed by atoms with Gasteiger partial charge in [0.1, 0.15) is 5.41 Å². The summed E-state index contributed by atoms with van der Waals surface area (Å²) in [5.74, 6) is -0.734. The Morgan fingerprint density at radius 2 is 2.00 bits per heavy atom. The standard InChI is InChI=1S/C17H22N4O2/c18-14(22)16(3-4-16)15(23)20-17(5-6-17)13-10-12(2-7-19-13)11-21-8-1-9-21/h2,7,10H,1,3-6,8-9,11H2,(H2,18,22)(H,20,23). The first-order valence-electron chi connectivity index (χ1n) is 8.34. The van der Waals surface area contributed by atoms with E-state index in [1.54, 1.807) is 0 Å². The molecule has 1 aromatic rings. The van der Waals surface area contributed by atoms with E-state index < -0.39 is 16.9 Å². The van der Waals surface area contributed by atoms with Crippen LogP contribution in [0.4, 0.5) is 0 Å². The van der Waals surface area contributed by atoms with Crippen LogP contribution in [0.5, 0.6) is 0 Å². The molecule has 0 aromatic carbocycles. The molecule has 1 aliphatic heterocycles. The zero-order valence-corrected chi connectivity index (χ0v) is 13.2. The van der Waals surface area contributed by atoms with Crippen molar-refractivity contribution in [1.82, 2.24) is 15.2 Å². The number of primary amides is 1. The molecule has 1 saturated heterocycles. The van der Waals surface area contributed by atoms with Crippen LogP contribution in [0.15, 0.2) is 18.3 Å². The molecule has 2 aliphatic carbocycles. The van der Waals surface area contributed by atoms with Gasteiger partial charge >= 0.3 is 0 Å². The zero-order chi connectivity index (χ0) is 16.1. The summed E-state index contributed by atoms with van der Waals surface area (Å²) < 4.78 is 0. The molecule has 0 radical (unpaired) electrons. The van der Waals surface area contributed by atoms with Gasteiger partial charge in [-0.25, -0.2) is 0 Å². The molecule has 23 heavy (non-hydrogen) atoms. The summed E-state index contributed by atoms with van der Waals surface area (Å²) in [5, 5.41) is 3.06. The van der Waals surface area contributed by atoms with Crippen molar-refractivity contribution in [3.63, 3.8) is 0 Å². The number of pyridine rings is 1. The molecule has 122 valence electrons. The summed E-state index contributed by atoms with van der Waals surface area (Å²) in [6.45, 7) is 3.24. The van der Waals surface area contributed by atoms with E-state index in [1.807, 2.05) is 12.3 Å². The number of carbonyl (C=O) groups is 2. The highest BCUT2D eigenvalue weighted by molar-refractivity contribution is 6.07. The summed E-state index contributed by atoms with van der Waals surface area (Å²) in [6.07, 6.45) is 5.95. The molecule has 6 heteroatoms. The monoisotopic (exact) mass is 314 g/mol. The third kappa shape index (κ3) is 2.51. The van der Waals surface area contributed by atoms with Gasteiger partial charge in [0.05, 0.1) is 11.2 Å². The predicted molar refractivity (Wildman–Crippen MR) is 84.0 cm³/mol. The molecule has 0 bridgehead atoms. The van der Waals surface area contributed by atoms with Crippen molar-refractivity contribution in [2.24, 2.45) is 11.1 Å². The number of hydrogen-bond acceptors (Lipinski definition) is 4. The minimum atomic E-state index is -0.967. The third-order valence-corrected chi connectivity index (χ3v) is 5.43. The second-order valence-electron chi connectivity index (χ2n) is 7.16. The van der Waals surface area contributed by atoms with Crippen molar-refractivity contribution in [2.45, 2.75) is 44.2 Å². The Kier molecular flexibility index (Phi) is 3.20. The van der Waals surface area contributed by atoms with Gasteiger partial charge in [0.25, 0.3) is 0 Å². The fraction of sp³-hybridized carbons (Fsp3) is 0.588. The quantitative estimate of drug-likeness (QED) is 0.755. The first-order chi connectivity index (χ1) is 11.0. The fourth-order valence-electron chi connectivity index (χ4n) is 3.25. The van der Waals surface area contributed by atoms with E-state index in [4.69, 9.17) is 5.73 Å². The Morgan fingerprint density at radius 1 is 1.26 bits per heavy atom. The molecule has 2 amide bonds. The molecule has 3 N–H and O–H groups in total. The Morgan fingerprint density at radius 3 is 2.52 bits per heavy atom. The molecule has 6 nitrogen and oxygen atoms in total. The number of hydrogen-bond donors (Lipinski definition) is 2. The van der Waals surface area contributed by atoms with Gasteiger partial charge in [-0.05, 0) is 62.9 Å². The number of nitrogens with one attached hydrogen (secondary N) is 1. The van der Waals surface area contributed by atoms with Crippen molar-refractivity contribution in [2.75, 3.05) is 13.1 Å². The highest BCUT2D eigenvalue weighted by Crippen LogP contribution is 2.50. The van der Waals surface area contributed by atoms with Crippen molar-refractivity contribution in [3.05, 3.63) is 29.6 Å². The van der Waals surface area contributed by atoms with Gasteiger partial charge in [-0.15, -0.1) is 0 Å². The molecule has 0 spiro atoms. The molecule has 3 fully saturated rings. The lowest BCUT2D eigenvalue weighted by Gasteiger charge is -2.31. The molecule has 3 aliphatic rings. The lowest BCUT2D eigenvalue weighted by atomic mass is 10.0. The van der Waals surface area contributed by atoms with Gasteiger partial charge in [-0.2, -0.15) is 0 Å². The Labute approximate surface area is 135 Å². The van der Waals surface area contributed by atoms with Crippen LogP contribution in [-0.2, 0) is 21.7 Å². The smallest absolute Gasteiger partial charge is 0.236 e. The number of rotatable bonds is 6. The van der Waals surface area contributed by atoms with Crippen LogP contribution in [0.25, 0.3) is 0 Å². The van der Waals surface area contributed by atoms with Crippen molar-refractivity contribution in [3.8, 4) is 0 Å². The Hall–Kier alpha value is -1.95. The normalized spacial score (nSPS) is 23.7. The number of nitrogens with zero attached hydrogens (tertiary/aromatic N) is 2. The second kappa shape index (κ2) is 5.03. The molecule has 2 saturated carbocycles. The molecule has 1 aromatic heterocycles. The van der Waals surface area contributed by atoms with Crippen molar-refractivity contribution < 1.29 is 9.59 Å². The molecular weight excluding hydrogens is 292 g/mol. The topological polar surface area (TPSA) is 88.3 Å². The maximum Gasteiger partial charge on any atom is 0.236 e. The first kappa shape index (κ1) is 14.6. The van der Waals surface area contributed by atoms with Crippen LogP contribution in [0.1, 0.15) is 43.4 Å². The Balaban J connectivity index is 1.49. The van der Waals surface area contributed by atoms with Crippen molar-refractivity contribution in [1.29, 1.82) is 0 Å². The van der Waals surface area contributed by atoms with E-state index in [9.17, 15) is 9.59 Å². The van der Waals surface area contributed by atoms with Gasteiger partial charge in [-0.1, -0.05) is 0 Å². The zero-order valence-electron chi connectivity index (χ0n) is 13.2. The summed E-state index contributed by atoms with van der Waals surface area (Å²) in [5.41, 5.74) is 6.16. The van der Waals surface area contributed by atoms with Crippen LogP contribution < -0.4 is 11.1 Å². The van der Waals surface area contributed by atoms with Gasteiger partial charge in [0.15, 0.2) is 0 Å². The number of nitrogens with two attached hydrogens (primary N) is 1. The molecule has 2 heterocycles. The van der Waals surface area contributed by atoms with E-state index in [1.165, 1.54) is 12.0 Å². The minimum Gasteiger partial charge on any atom is -0.369 e. The summed E-state index contributed by atoms with van der Waals surface area (Å²) in [4.78, 5) is 30.9. The highest BCUT2D eigenvalue weighted by Gasteiger charge is 2.59. The van der Waals surface area contributed by atoms with E-state index >= 15 is 0 Å². The van der Waals surface area contributed by atoms with Crippen molar-refractivity contribution >= 4 is 11.8 Å². The van der Waals surface area contributed by atoms with Gasteiger partial charge in [0, 0.05) is 12.7 Å². The summed E-state index contributed by atoms with van der Waals surface area (Å²) in [7, 11) is 0. The third-order valence-electron chi connectivity index (χ3n) is 5.43. The van der Waals surface area contributed by atoms with Gasteiger partial charge in [-0.3, -0.25) is 19.5 Å². The summed E-state index contributed by atoms with van der Waals surface area (Å²) >= 11 is 0. The maximum absolute atomic E-state index is 12.5. The van der Waals surface area contributed by atoms with E-state index in [-0.39, 0.29) is 5.91 Å². The molecule has 0 atom stereocenters. The van der Waals surface area contributed by atoms with E-state index in [0.717, 1.165) is 38.2 Å². The fourth-order valence-corrected chi connectivity index (χ4v) is 3.25. The second-order valence-corrected chi connectivity index (χ2v) is 7.16. The predicted octanol–water partition coefficient (Wildman–Crippen LogP) is 0.658. The number of likely N-dealkylation sites (tertiary alicyclic amines) is 1. The highest BCUT2D eigenvalue weighted by atomic mass is 16.2. The molecular formula is C17H22N4O2. The lowest BCUT2D eigenvalue weighted by Crippen LogP contribution is -2.45. The largest absolute Gasteiger partial charge is 0.369 e. The number of aromatic nitrogens is 1. The molecule has 0 unspecified atom stereocenters. The van der Waals surface area contributed by atoms with Gasteiger partial charge in [0.2, 0.25) is 11.8 Å². The average molecular weight is 314 g/mol. The number of carbonyl (C=O) groups excluding carboxylic acids is 2. The van der Waals surface area contributed by atoms with Gasteiger partial charge < -0.3 is 11.1 Å². The van der Waals surface area contributed by atoms with Crippen LogP contribution in [0, 0.1) is 5.41 Å². The summed E-state index contributed by atoms with van der Waals surface area (Å²) in [6, 6.07) is 4.13. The number of amides is 2. The van der Waals surface area contributed by atoms with E-state index in [2.05, 4.69) is 21.3 Å². The SMILES string of the molecule is NC(=O)C1(C(=O)NC2(c3cc(CN4CCC4)ccn3)CC2)CC1. The minimum absolute atomic E-state index is 0.225. The van der Waals surface area contributed by atoms with Crippen LogP contribution in [0.3, 0.4) is 0 Å². The first-order valence-corrected chi connectivity index (χ1v) is 8.34. The van der Waals surface area contributed by atoms with Crippen LogP contribution in [-0.4, -0.2) is 34.8 Å². The van der Waals surface area contributed by atoms with Crippen LogP contribution in [0.2, 0.25) is 0 Å². The lowest BCUT2D eigenvalue weighted by molar-refractivity contribution is -0.136. The van der Waals surface area contributed by atoms with Crippen LogP contribution >= 0.6 is 0 Å². The van der Waals surface area contributed by atoms with E-state index in [0.29, 0.717) is 12.8 Å². The Bertz CT molecular complexity index is 660. The average Bonchev–Trinajstić information content (AvgIpc) is 3.37. The maximum atomic E-state index is 12.5.